The van der Waals surface area contributed by atoms with Crippen LogP contribution in [0.2, 0.25) is 0 Å². The number of carbonyl (C=O) groups excluding carboxylic acids is 1. The summed E-state index contributed by atoms with van der Waals surface area (Å²) in [4.78, 5) is 12.1. The van der Waals surface area contributed by atoms with Crippen LogP contribution in [0.5, 0.6) is 11.5 Å². The highest BCUT2D eigenvalue weighted by Crippen LogP contribution is 2.18. The molecule has 0 unspecified atom stereocenters. The summed E-state index contributed by atoms with van der Waals surface area (Å²) in [6.07, 6.45) is 0. The quantitative estimate of drug-likeness (QED) is 0.337. The molecule has 0 heterocycles. The Balaban J connectivity index is 1.77. The first-order valence-corrected chi connectivity index (χ1v) is 9.31. The summed E-state index contributed by atoms with van der Waals surface area (Å²) < 4.78 is 16.1. The predicted octanol–water partition coefficient (Wildman–Crippen LogP) is 2.42. The van der Waals surface area contributed by atoms with Crippen LogP contribution in [0.4, 0.5) is 0 Å². The molecule has 0 saturated carbocycles. The topological polar surface area (TPSA) is 80.9 Å². The Labute approximate surface area is 170 Å². The molecule has 150 valence electrons. The SMILES string of the molecule is CCOc1ccc(OCc2ccc(C(=O)NNC(=S)NCCOC)cc2)cc1. The van der Waals surface area contributed by atoms with Crippen molar-refractivity contribution in [3.63, 3.8) is 0 Å². The molecule has 0 saturated heterocycles. The Morgan fingerprint density at radius 1 is 0.964 bits per heavy atom. The summed E-state index contributed by atoms with van der Waals surface area (Å²) in [5, 5.41) is 3.22. The van der Waals surface area contributed by atoms with Crippen molar-refractivity contribution in [1.29, 1.82) is 0 Å². The number of ether oxygens (including phenoxy) is 3. The lowest BCUT2D eigenvalue weighted by Crippen LogP contribution is -2.47. The standard InChI is InChI=1S/C20H25N3O4S/c1-3-26-17-8-10-18(11-9-17)27-14-15-4-6-16(7-5-15)19(24)22-23-20(28)21-12-13-25-2/h4-11H,3,12-14H2,1-2H3,(H,22,24)(H2,21,23,28). The lowest BCUT2D eigenvalue weighted by atomic mass is 10.1. The van der Waals surface area contributed by atoms with E-state index in [0.29, 0.717) is 37.0 Å². The van der Waals surface area contributed by atoms with Crippen LogP contribution in [-0.4, -0.2) is 37.9 Å². The summed E-state index contributed by atoms with van der Waals surface area (Å²) in [6.45, 7) is 4.06. The van der Waals surface area contributed by atoms with Gasteiger partial charge in [0.25, 0.3) is 5.91 Å². The minimum absolute atomic E-state index is 0.283. The number of hydrogen-bond acceptors (Lipinski definition) is 5. The van der Waals surface area contributed by atoms with Gasteiger partial charge in [-0.15, -0.1) is 0 Å². The molecule has 0 spiro atoms. The van der Waals surface area contributed by atoms with Gasteiger partial charge in [0.15, 0.2) is 5.11 Å². The zero-order chi connectivity index (χ0) is 20.2. The molecule has 1 amide bonds. The van der Waals surface area contributed by atoms with E-state index >= 15 is 0 Å². The lowest BCUT2D eigenvalue weighted by Gasteiger charge is -2.11. The molecule has 2 aromatic carbocycles. The Morgan fingerprint density at radius 2 is 1.61 bits per heavy atom. The van der Waals surface area contributed by atoms with E-state index in [2.05, 4.69) is 16.2 Å². The van der Waals surface area contributed by atoms with Gasteiger partial charge in [-0.3, -0.25) is 15.6 Å². The number of amides is 1. The van der Waals surface area contributed by atoms with Crippen LogP contribution in [0.15, 0.2) is 48.5 Å². The monoisotopic (exact) mass is 403 g/mol. The summed E-state index contributed by atoms with van der Waals surface area (Å²) in [7, 11) is 1.60. The highest BCUT2D eigenvalue weighted by molar-refractivity contribution is 7.80. The number of thiocarbonyl (C=S) groups is 1. The van der Waals surface area contributed by atoms with E-state index < -0.39 is 0 Å². The van der Waals surface area contributed by atoms with E-state index in [0.717, 1.165) is 17.1 Å². The number of methoxy groups -OCH3 is 1. The second-order valence-corrected chi connectivity index (χ2v) is 6.13. The van der Waals surface area contributed by atoms with E-state index in [4.69, 9.17) is 26.4 Å². The largest absolute Gasteiger partial charge is 0.494 e. The molecule has 0 radical (unpaired) electrons. The van der Waals surface area contributed by atoms with Crippen LogP contribution in [0.25, 0.3) is 0 Å². The average Bonchev–Trinajstić information content (AvgIpc) is 2.72. The minimum Gasteiger partial charge on any atom is -0.494 e. The molecule has 0 bridgehead atoms. The van der Waals surface area contributed by atoms with Crippen molar-refractivity contribution in [2.75, 3.05) is 26.9 Å². The first-order valence-electron chi connectivity index (χ1n) is 8.90. The van der Waals surface area contributed by atoms with E-state index in [9.17, 15) is 4.79 Å². The molecular weight excluding hydrogens is 378 g/mol. The van der Waals surface area contributed by atoms with Gasteiger partial charge < -0.3 is 19.5 Å². The predicted molar refractivity (Wildman–Crippen MR) is 111 cm³/mol. The lowest BCUT2D eigenvalue weighted by molar-refractivity contribution is 0.0943. The van der Waals surface area contributed by atoms with Crippen molar-refractivity contribution in [3.05, 3.63) is 59.7 Å². The first kappa shape index (κ1) is 21.5. The Morgan fingerprint density at radius 3 is 2.21 bits per heavy atom. The third-order valence-electron chi connectivity index (χ3n) is 3.64. The van der Waals surface area contributed by atoms with Crippen molar-refractivity contribution in [3.8, 4) is 11.5 Å². The van der Waals surface area contributed by atoms with Gasteiger partial charge in [-0.1, -0.05) is 12.1 Å². The van der Waals surface area contributed by atoms with Crippen molar-refractivity contribution < 1.29 is 19.0 Å². The molecule has 2 aromatic rings. The third kappa shape index (κ3) is 7.42. The summed E-state index contributed by atoms with van der Waals surface area (Å²) in [5.41, 5.74) is 6.65. The normalized spacial score (nSPS) is 10.1. The van der Waals surface area contributed by atoms with Crippen molar-refractivity contribution in [2.24, 2.45) is 0 Å². The number of nitrogens with one attached hydrogen (secondary N) is 3. The van der Waals surface area contributed by atoms with Crippen LogP contribution >= 0.6 is 12.2 Å². The van der Waals surface area contributed by atoms with Crippen LogP contribution in [0.1, 0.15) is 22.8 Å². The maximum atomic E-state index is 12.1. The molecule has 7 nitrogen and oxygen atoms in total. The van der Waals surface area contributed by atoms with Crippen molar-refractivity contribution in [1.82, 2.24) is 16.2 Å². The van der Waals surface area contributed by atoms with Gasteiger partial charge in [-0.2, -0.15) is 0 Å². The average molecular weight is 404 g/mol. The van der Waals surface area contributed by atoms with Crippen molar-refractivity contribution in [2.45, 2.75) is 13.5 Å². The molecule has 0 aliphatic carbocycles. The smallest absolute Gasteiger partial charge is 0.269 e. The highest BCUT2D eigenvalue weighted by atomic mass is 32.1. The van der Waals surface area contributed by atoms with Gasteiger partial charge in [0.2, 0.25) is 0 Å². The summed E-state index contributed by atoms with van der Waals surface area (Å²) in [6, 6.07) is 14.6. The third-order valence-corrected chi connectivity index (χ3v) is 3.88. The molecule has 3 N–H and O–H groups in total. The molecule has 28 heavy (non-hydrogen) atoms. The van der Waals surface area contributed by atoms with Crippen LogP contribution in [-0.2, 0) is 11.3 Å². The highest BCUT2D eigenvalue weighted by Gasteiger charge is 2.06. The Kier molecular flexibility index (Phi) is 9.03. The van der Waals surface area contributed by atoms with Crippen molar-refractivity contribution >= 4 is 23.2 Å². The fourth-order valence-electron chi connectivity index (χ4n) is 2.21. The zero-order valence-corrected chi connectivity index (χ0v) is 16.8. The zero-order valence-electron chi connectivity index (χ0n) is 16.0. The number of carbonyl (C=O) groups is 1. The summed E-state index contributed by atoms with van der Waals surface area (Å²) >= 11 is 5.04. The van der Waals surface area contributed by atoms with Gasteiger partial charge in [-0.25, -0.2) is 0 Å². The number of hydrogen-bond donors (Lipinski definition) is 3. The number of rotatable bonds is 9. The van der Waals surface area contributed by atoms with Gasteiger partial charge in [0.1, 0.15) is 18.1 Å². The maximum absolute atomic E-state index is 12.1. The Hall–Kier alpha value is -2.84. The maximum Gasteiger partial charge on any atom is 0.269 e. The molecule has 0 atom stereocenters. The minimum atomic E-state index is -0.283. The molecular formula is C20H25N3O4S. The second kappa shape index (κ2) is 11.8. The number of benzene rings is 2. The van der Waals surface area contributed by atoms with E-state index in [1.165, 1.54) is 0 Å². The number of hydrazine groups is 1. The molecule has 0 aliphatic heterocycles. The van der Waals surface area contributed by atoms with E-state index in [1.54, 1.807) is 19.2 Å². The van der Waals surface area contributed by atoms with Gasteiger partial charge in [0.05, 0.1) is 13.2 Å². The fraction of sp³-hybridized carbons (Fsp3) is 0.300. The van der Waals surface area contributed by atoms with E-state index in [-0.39, 0.29) is 5.91 Å². The molecule has 0 aromatic heterocycles. The van der Waals surface area contributed by atoms with Crippen LogP contribution < -0.4 is 25.6 Å². The van der Waals surface area contributed by atoms with Crippen LogP contribution in [0.3, 0.4) is 0 Å². The van der Waals surface area contributed by atoms with Gasteiger partial charge in [-0.05, 0) is 61.1 Å². The molecule has 8 heteroatoms. The first-order chi connectivity index (χ1) is 13.6. The molecule has 2 rings (SSSR count). The fourth-order valence-corrected chi connectivity index (χ4v) is 2.37. The second-order valence-electron chi connectivity index (χ2n) is 5.72. The molecule has 0 fully saturated rings. The molecule has 0 aliphatic rings. The summed E-state index contributed by atoms with van der Waals surface area (Å²) in [5.74, 6) is 1.28. The van der Waals surface area contributed by atoms with Gasteiger partial charge >= 0.3 is 0 Å². The van der Waals surface area contributed by atoms with E-state index in [1.807, 2.05) is 43.3 Å². The Bertz CT molecular complexity index is 751. The van der Waals surface area contributed by atoms with Crippen LogP contribution in [0, 0.1) is 0 Å². The van der Waals surface area contributed by atoms with Gasteiger partial charge in [0, 0.05) is 19.2 Å².